The van der Waals surface area contributed by atoms with Crippen molar-refractivity contribution in [3.05, 3.63) is 78.9 Å². The lowest BCUT2D eigenvalue weighted by Gasteiger charge is -2.16. The normalized spacial score (nSPS) is 10.3. The summed E-state index contributed by atoms with van der Waals surface area (Å²) >= 11 is 0. The van der Waals surface area contributed by atoms with Crippen molar-refractivity contribution in [3.8, 4) is 22.3 Å². The summed E-state index contributed by atoms with van der Waals surface area (Å²) < 4.78 is 0. The summed E-state index contributed by atoms with van der Waals surface area (Å²) in [6, 6.07) is 27.6. The molecular weight excluding hydrogens is 254 g/mol. The lowest BCUT2D eigenvalue weighted by Crippen LogP contribution is -1.99. The number of benzene rings is 3. The molecule has 3 aromatic rings. The fourth-order valence-corrected chi connectivity index (χ4v) is 2.66. The zero-order chi connectivity index (χ0) is 14.5. The molecule has 1 N–H and O–H groups in total. The van der Waals surface area contributed by atoms with Gasteiger partial charge in [-0.05, 0) is 29.7 Å². The van der Waals surface area contributed by atoms with Crippen LogP contribution in [-0.2, 0) is 0 Å². The molecule has 0 fully saturated rings. The van der Waals surface area contributed by atoms with E-state index in [4.69, 9.17) is 0 Å². The van der Waals surface area contributed by atoms with E-state index in [0.717, 1.165) is 6.54 Å². The second kappa shape index (κ2) is 6.27. The molecule has 21 heavy (non-hydrogen) atoms. The first kappa shape index (κ1) is 13.4. The van der Waals surface area contributed by atoms with Gasteiger partial charge in [0.15, 0.2) is 0 Å². The van der Waals surface area contributed by atoms with Crippen LogP contribution in [0.5, 0.6) is 0 Å². The molecule has 0 radical (unpaired) electrons. The molecule has 0 amide bonds. The summed E-state index contributed by atoms with van der Waals surface area (Å²) in [5.74, 6) is 0. The van der Waals surface area contributed by atoms with Gasteiger partial charge in [-0.15, -0.1) is 0 Å². The molecule has 1 nitrogen and oxygen atoms in total. The topological polar surface area (TPSA) is 12.0 Å². The van der Waals surface area contributed by atoms with Gasteiger partial charge in [0.05, 0.1) is 0 Å². The predicted molar refractivity (Wildman–Crippen MR) is 91.5 cm³/mol. The molecule has 3 rings (SSSR count). The molecule has 0 saturated carbocycles. The Hall–Kier alpha value is -2.54. The van der Waals surface area contributed by atoms with Crippen molar-refractivity contribution in [3.63, 3.8) is 0 Å². The van der Waals surface area contributed by atoms with Crippen molar-refractivity contribution in [2.75, 3.05) is 11.9 Å². The quantitative estimate of drug-likeness (QED) is 0.666. The van der Waals surface area contributed by atoms with Crippen molar-refractivity contribution in [2.45, 2.75) is 6.92 Å². The summed E-state index contributed by atoms with van der Waals surface area (Å²) in [7, 11) is 0. The van der Waals surface area contributed by atoms with E-state index < -0.39 is 0 Å². The van der Waals surface area contributed by atoms with Gasteiger partial charge in [0.25, 0.3) is 0 Å². The minimum Gasteiger partial charge on any atom is -0.385 e. The maximum atomic E-state index is 3.48. The van der Waals surface area contributed by atoms with Gasteiger partial charge >= 0.3 is 0 Å². The monoisotopic (exact) mass is 273 g/mol. The molecule has 0 aromatic heterocycles. The lowest BCUT2D eigenvalue weighted by atomic mass is 9.93. The van der Waals surface area contributed by atoms with Crippen LogP contribution in [-0.4, -0.2) is 6.54 Å². The van der Waals surface area contributed by atoms with Crippen LogP contribution in [0.15, 0.2) is 78.9 Å². The van der Waals surface area contributed by atoms with Crippen molar-refractivity contribution < 1.29 is 0 Å². The van der Waals surface area contributed by atoms with Crippen LogP contribution in [0.1, 0.15) is 6.92 Å². The van der Waals surface area contributed by atoms with E-state index in [1.165, 1.54) is 27.9 Å². The number of hydrogen-bond acceptors (Lipinski definition) is 1. The van der Waals surface area contributed by atoms with Gasteiger partial charge in [0.2, 0.25) is 0 Å². The summed E-state index contributed by atoms with van der Waals surface area (Å²) in [6.45, 7) is 3.04. The largest absolute Gasteiger partial charge is 0.385 e. The second-order valence-corrected chi connectivity index (χ2v) is 4.99. The van der Waals surface area contributed by atoms with Crippen LogP contribution >= 0.6 is 0 Å². The third-order valence-corrected chi connectivity index (χ3v) is 3.58. The Labute approximate surface area is 126 Å². The first-order valence-corrected chi connectivity index (χ1v) is 7.38. The first-order chi connectivity index (χ1) is 10.4. The molecule has 3 aromatic carbocycles. The van der Waals surface area contributed by atoms with Gasteiger partial charge in [0, 0.05) is 17.8 Å². The second-order valence-electron chi connectivity index (χ2n) is 4.99. The van der Waals surface area contributed by atoms with E-state index in [9.17, 15) is 0 Å². The number of nitrogens with one attached hydrogen (secondary N) is 1. The molecule has 1 heteroatoms. The third kappa shape index (κ3) is 2.82. The van der Waals surface area contributed by atoms with Crippen molar-refractivity contribution in [2.24, 2.45) is 0 Å². The Morgan fingerprint density at radius 2 is 1.29 bits per heavy atom. The van der Waals surface area contributed by atoms with Gasteiger partial charge in [-0.1, -0.05) is 72.8 Å². The summed E-state index contributed by atoms with van der Waals surface area (Å²) in [6.07, 6.45) is 0. The molecule has 0 bridgehead atoms. The molecule has 0 heterocycles. The zero-order valence-corrected chi connectivity index (χ0v) is 12.2. The van der Waals surface area contributed by atoms with E-state index in [0.29, 0.717) is 0 Å². The number of anilines is 1. The van der Waals surface area contributed by atoms with Crippen LogP contribution in [0.2, 0.25) is 0 Å². The van der Waals surface area contributed by atoms with Crippen LogP contribution in [0.4, 0.5) is 5.69 Å². The highest BCUT2D eigenvalue weighted by molar-refractivity contribution is 5.91. The van der Waals surface area contributed by atoms with Crippen molar-refractivity contribution in [1.29, 1.82) is 0 Å². The van der Waals surface area contributed by atoms with Gasteiger partial charge in [-0.3, -0.25) is 0 Å². The van der Waals surface area contributed by atoms with Crippen LogP contribution < -0.4 is 5.32 Å². The Morgan fingerprint density at radius 1 is 0.667 bits per heavy atom. The predicted octanol–water partition coefficient (Wildman–Crippen LogP) is 5.45. The maximum absolute atomic E-state index is 3.48. The molecule has 0 aliphatic rings. The van der Waals surface area contributed by atoms with Crippen LogP contribution in [0, 0.1) is 0 Å². The van der Waals surface area contributed by atoms with Crippen molar-refractivity contribution >= 4 is 5.69 Å². The Balaban J connectivity index is 2.23. The summed E-state index contributed by atoms with van der Waals surface area (Å²) in [5, 5.41) is 3.48. The number of rotatable bonds is 4. The molecule has 0 aliphatic heterocycles. The molecule has 0 saturated heterocycles. The average molecular weight is 273 g/mol. The lowest BCUT2D eigenvalue weighted by molar-refractivity contribution is 1.21. The van der Waals surface area contributed by atoms with Crippen LogP contribution in [0.25, 0.3) is 22.3 Å². The molecule has 0 unspecified atom stereocenters. The van der Waals surface area contributed by atoms with E-state index in [1.54, 1.807) is 0 Å². The molecule has 0 aliphatic carbocycles. The van der Waals surface area contributed by atoms with Gasteiger partial charge in [-0.25, -0.2) is 0 Å². The Kier molecular flexibility index (Phi) is 4.02. The zero-order valence-electron chi connectivity index (χ0n) is 12.2. The fraction of sp³-hybridized carbons (Fsp3) is 0.100. The standard InChI is InChI=1S/C20H19N/c1-2-21-19-15-9-14-18(16-10-5-3-6-11-16)20(19)17-12-7-4-8-13-17/h3-15,21H,2H2,1H3. The molecule has 104 valence electrons. The SMILES string of the molecule is CCNc1cccc(-c2ccccc2)c1-c1ccccc1. The third-order valence-electron chi connectivity index (χ3n) is 3.58. The van der Waals surface area contributed by atoms with Gasteiger partial charge < -0.3 is 5.32 Å². The smallest absolute Gasteiger partial charge is 0.0426 e. The van der Waals surface area contributed by atoms with Gasteiger partial charge in [0.1, 0.15) is 0 Å². The molecule has 0 spiro atoms. The highest BCUT2D eigenvalue weighted by Gasteiger charge is 2.11. The first-order valence-electron chi connectivity index (χ1n) is 7.38. The minimum absolute atomic E-state index is 0.915. The summed E-state index contributed by atoms with van der Waals surface area (Å²) in [5.41, 5.74) is 6.21. The van der Waals surface area contributed by atoms with Crippen LogP contribution in [0.3, 0.4) is 0 Å². The van der Waals surface area contributed by atoms with E-state index in [1.807, 2.05) is 0 Å². The average Bonchev–Trinajstić information content (AvgIpc) is 2.56. The maximum Gasteiger partial charge on any atom is 0.0426 e. The van der Waals surface area contributed by atoms with Crippen molar-refractivity contribution in [1.82, 2.24) is 0 Å². The fourth-order valence-electron chi connectivity index (χ4n) is 2.66. The summed E-state index contributed by atoms with van der Waals surface area (Å²) in [4.78, 5) is 0. The minimum atomic E-state index is 0.915. The Morgan fingerprint density at radius 3 is 1.90 bits per heavy atom. The van der Waals surface area contributed by atoms with E-state index in [2.05, 4.69) is 91.1 Å². The Bertz CT molecular complexity index is 702. The number of hydrogen-bond donors (Lipinski definition) is 1. The molecule has 0 atom stereocenters. The molecular formula is C20H19N. The highest BCUT2D eigenvalue weighted by atomic mass is 14.9. The van der Waals surface area contributed by atoms with Gasteiger partial charge in [-0.2, -0.15) is 0 Å². The highest BCUT2D eigenvalue weighted by Crippen LogP contribution is 2.37. The van der Waals surface area contributed by atoms with E-state index >= 15 is 0 Å². The van der Waals surface area contributed by atoms with E-state index in [-0.39, 0.29) is 0 Å².